The lowest BCUT2D eigenvalue weighted by Crippen LogP contribution is -2.44. The number of amides is 1. The quantitative estimate of drug-likeness (QED) is 0.804. The number of carbonyl (C=O) groups is 2. The number of aromatic nitrogens is 2. The van der Waals surface area contributed by atoms with Gasteiger partial charge in [-0.1, -0.05) is 31.9 Å². The Morgan fingerprint density at radius 3 is 2.71 bits per heavy atom. The minimum atomic E-state index is -1.12. The first kappa shape index (κ1) is 17.7. The number of hydrogen-bond donors (Lipinski definition) is 2. The topological polar surface area (TPSA) is 101 Å². The summed E-state index contributed by atoms with van der Waals surface area (Å²) in [5.74, 6) is -1.61. The molecule has 0 bridgehead atoms. The lowest BCUT2D eigenvalue weighted by Gasteiger charge is -2.20. The van der Waals surface area contributed by atoms with Crippen molar-refractivity contribution in [3.05, 3.63) is 40.9 Å². The zero-order valence-electron chi connectivity index (χ0n) is 13.7. The fourth-order valence-corrected chi connectivity index (χ4v) is 2.47. The Bertz CT molecular complexity index is 800. The van der Waals surface area contributed by atoms with Gasteiger partial charge < -0.3 is 10.4 Å². The molecule has 0 radical (unpaired) electrons. The molecule has 2 rings (SSSR count). The number of carboxylic acid groups (broad SMARTS) is 1. The lowest BCUT2D eigenvalue weighted by atomic mass is 10.1. The third kappa shape index (κ3) is 3.79. The van der Waals surface area contributed by atoms with E-state index >= 15 is 0 Å². The summed E-state index contributed by atoms with van der Waals surface area (Å²) in [5.41, 5.74) is 0.257. The van der Waals surface area contributed by atoms with E-state index in [1.807, 2.05) is 6.92 Å². The molecule has 2 aromatic rings. The van der Waals surface area contributed by atoms with E-state index in [0.717, 1.165) is 12.8 Å². The van der Waals surface area contributed by atoms with Crippen LogP contribution >= 0.6 is 0 Å². The summed E-state index contributed by atoms with van der Waals surface area (Å²) < 4.78 is 1.29. The molecule has 0 spiro atoms. The van der Waals surface area contributed by atoms with Crippen molar-refractivity contribution in [2.75, 3.05) is 0 Å². The summed E-state index contributed by atoms with van der Waals surface area (Å²) in [4.78, 5) is 40.4. The maximum Gasteiger partial charge on any atom is 0.325 e. The molecule has 2 atom stereocenters. The molecule has 7 heteroatoms. The molecule has 7 nitrogen and oxygen atoms in total. The lowest BCUT2D eigenvalue weighted by molar-refractivity contribution is -0.141. The summed E-state index contributed by atoms with van der Waals surface area (Å²) >= 11 is 0. The van der Waals surface area contributed by atoms with Gasteiger partial charge in [-0.3, -0.25) is 19.0 Å². The smallest absolute Gasteiger partial charge is 0.325 e. The van der Waals surface area contributed by atoms with Gasteiger partial charge in [0.25, 0.3) is 5.56 Å². The Labute approximate surface area is 139 Å². The van der Waals surface area contributed by atoms with Crippen LogP contribution < -0.4 is 10.9 Å². The average molecular weight is 331 g/mol. The molecule has 1 amide bonds. The highest BCUT2D eigenvalue weighted by molar-refractivity contribution is 5.86. The number of carbonyl (C=O) groups excluding carboxylic acids is 1. The second-order valence-corrected chi connectivity index (χ2v) is 5.70. The number of carboxylic acids is 1. The second kappa shape index (κ2) is 7.72. The molecule has 0 unspecified atom stereocenters. The van der Waals surface area contributed by atoms with Crippen LogP contribution in [0.15, 0.2) is 35.4 Å². The van der Waals surface area contributed by atoms with E-state index in [2.05, 4.69) is 10.3 Å². The first-order valence-electron chi connectivity index (χ1n) is 7.94. The number of benzene rings is 1. The van der Waals surface area contributed by atoms with Crippen molar-refractivity contribution in [3.63, 3.8) is 0 Å². The zero-order chi connectivity index (χ0) is 17.7. The largest absolute Gasteiger partial charge is 0.480 e. The zero-order valence-corrected chi connectivity index (χ0v) is 13.7. The van der Waals surface area contributed by atoms with E-state index in [9.17, 15) is 14.4 Å². The van der Waals surface area contributed by atoms with Gasteiger partial charge in [0.2, 0.25) is 5.91 Å². The Morgan fingerprint density at radius 1 is 1.33 bits per heavy atom. The standard InChI is InChI=1S/C17H21N3O4/c1-3-4-9-14(15(21)19-11(2)17(23)24)20-10-18-13-8-6-5-7-12(13)16(20)22/h5-8,10-11,14H,3-4,9H2,1-2H3,(H,19,21)(H,23,24)/t11-,14+/m0/s1. The molecule has 0 aliphatic rings. The van der Waals surface area contributed by atoms with Gasteiger partial charge >= 0.3 is 5.97 Å². The summed E-state index contributed by atoms with van der Waals surface area (Å²) in [7, 11) is 0. The van der Waals surface area contributed by atoms with Gasteiger partial charge in [0.1, 0.15) is 12.1 Å². The van der Waals surface area contributed by atoms with Gasteiger partial charge in [-0.15, -0.1) is 0 Å². The van der Waals surface area contributed by atoms with Crippen LogP contribution in [0.3, 0.4) is 0 Å². The maximum atomic E-state index is 12.7. The molecule has 0 fully saturated rings. The second-order valence-electron chi connectivity index (χ2n) is 5.70. The molecule has 2 N–H and O–H groups in total. The summed E-state index contributed by atoms with van der Waals surface area (Å²) in [6.07, 6.45) is 3.39. The predicted molar refractivity (Wildman–Crippen MR) is 89.8 cm³/mol. The first-order valence-corrected chi connectivity index (χ1v) is 7.94. The van der Waals surface area contributed by atoms with Gasteiger partial charge in [-0.05, 0) is 25.5 Å². The van der Waals surface area contributed by atoms with Crippen molar-refractivity contribution in [2.24, 2.45) is 0 Å². The fourth-order valence-electron chi connectivity index (χ4n) is 2.47. The molecule has 24 heavy (non-hydrogen) atoms. The highest BCUT2D eigenvalue weighted by Crippen LogP contribution is 2.15. The SMILES string of the molecule is CCCC[C@H](C(=O)N[C@@H](C)C(=O)O)n1cnc2ccccc2c1=O. The van der Waals surface area contributed by atoms with Crippen molar-refractivity contribution in [3.8, 4) is 0 Å². The average Bonchev–Trinajstić information content (AvgIpc) is 2.57. The molecule has 1 aromatic heterocycles. The molecule has 0 aliphatic carbocycles. The van der Waals surface area contributed by atoms with E-state index in [4.69, 9.17) is 5.11 Å². The molecule has 0 saturated carbocycles. The van der Waals surface area contributed by atoms with E-state index < -0.39 is 24.0 Å². The monoisotopic (exact) mass is 331 g/mol. The van der Waals surface area contributed by atoms with Gasteiger partial charge in [0.15, 0.2) is 0 Å². The van der Waals surface area contributed by atoms with E-state index in [1.165, 1.54) is 17.8 Å². The maximum absolute atomic E-state index is 12.7. The van der Waals surface area contributed by atoms with Crippen LogP contribution in [0, 0.1) is 0 Å². The number of nitrogens with zero attached hydrogens (tertiary/aromatic N) is 2. The number of hydrogen-bond acceptors (Lipinski definition) is 4. The minimum absolute atomic E-state index is 0.306. The van der Waals surface area contributed by atoms with Crippen molar-refractivity contribution >= 4 is 22.8 Å². The van der Waals surface area contributed by atoms with Crippen LogP contribution in [0.1, 0.15) is 39.2 Å². The molecular formula is C17H21N3O4. The fraction of sp³-hybridized carbons (Fsp3) is 0.412. The molecule has 0 aliphatic heterocycles. The third-order valence-corrected chi connectivity index (χ3v) is 3.89. The van der Waals surface area contributed by atoms with Crippen LogP contribution in [0.25, 0.3) is 10.9 Å². The van der Waals surface area contributed by atoms with Crippen molar-refractivity contribution in [2.45, 2.75) is 45.2 Å². The van der Waals surface area contributed by atoms with Crippen molar-refractivity contribution in [1.82, 2.24) is 14.9 Å². The normalized spacial score (nSPS) is 13.4. The Kier molecular flexibility index (Phi) is 5.68. The summed E-state index contributed by atoms with van der Waals surface area (Å²) in [6.45, 7) is 3.37. The molecule has 0 saturated heterocycles. The number of fused-ring (bicyclic) bond motifs is 1. The molecule has 1 heterocycles. The Morgan fingerprint density at radius 2 is 2.04 bits per heavy atom. The highest BCUT2D eigenvalue weighted by Gasteiger charge is 2.25. The van der Waals surface area contributed by atoms with Gasteiger partial charge in [0, 0.05) is 0 Å². The van der Waals surface area contributed by atoms with Gasteiger partial charge in [-0.2, -0.15) is 0 Å². The number of aliphatic carboxylic acids is 1. The Balaban J connectivity index is 2.40. The van der Waals surface area contributed by atoms with Crippen LogP contribution in [-0.4, -0.2) is 32.6 Å². The highest BCUT2D eigenvalue weighted by atomic mass is 16.4. The summed E-state index contributed by atoms with van der Waals surface area (Å²) in [5, 5.41) is 11.8. The molecule has 128 valence electrons. The number of unbranched alkanes of at least 4 members (excludes halogenated alkanes) is 1. The first-order chi connectivity index (χ1) is 11.5. The number of para-hydroxylation sites is 1. The van der Waals surface area contributed by atoms with Crippen molar-refractivity contribution < 1.29 is 14.7 Å². The van der Waals surface area contributed by atoms with Gasteiger partial charge in [-0.25, -0.2) is 4.98 Å². The van der Waals surface area contributed by atoms with E-state index in [-0.39, 0.29) is 5.56 Å². The van der Waals surface area contributed by atoms with E-state index in [1.54, 1.807) is 24.3 Å². The molecule has 1 aromatic carbocycles. The summed E-state index contributed by atoms with van der Waals surface area (Å²) in [6, 6.07) is 5.12. The van der Waals surface area contributed by atoms with Crippen LogP contribution in [0.5, 0.6) is 0 Å². The van der Waals surface area contributed by atoms with Crippen LogP contribution in [0.2, 0.25) is 0 Å². The Hall–Kier alpha value is -2.70. The third-order valence-electron chi connectivity index (χ3n) is 3.89. The van der Waals surface area contributed by atoms with E-state index in [0.29, 0.717) is 17.3 Å². The van der Waals surface area contributed by atoms with Crippen molar-refractivity contribution in [1.29, 1.82) is 0 Å². The number of rotatable bonds is 7. The predicted octanol–water partition coefficient (Wildman–Crippen LogP) is 1.72. The van der Waals surface area contributed by atoms with Crippen LogP contribution in [-0.2, 0) is 9.59 Å². The van der Waals surface area contributed by atoms with Gasteiger partial charge in [0.05, 0.1) is 17.2 Å². The number of nitrogens with one attached hydrogen (secondary N) is 1. The minimum Gasteiger partial charge on any atom is -0.480 e. The molecular weight excluding hydrogens is 310 g/mol. The van der Waals surface area contributed by atoms with Crippen LogP contribution in [0.4, 0.5) is 0 Å².